The average Bonchev–Trinajstić information content (AvgIpc) is 3.71. The van der Waals surface area contributed by atoms with Gasteiger partial charge in [-0.2, -0.15) is 0 Å². The molecular formula is C43H26N4O. The molecule has 0 N–H and O–H groups in total. The van der Waals surface area contributed by atoms with Crippen molar-refractivity contribution in [1.29, 1.82) is 0 Å². The summed E-state index contributed by atoms with van der Waals surface area (Å²) in [6.07, 6.45) is 0. The first-order valence-electron chi connectivity index (χ1n) is 16.0. The van der Waals surface area contributed by atoms with Gasteiger partial charge in [-0.25, -0.2) is 15.0 Å². The third-order valence-corrected chi connectivity index (χ3v) is 9.24. The van der Waals surface area contributed by atoms with E-state index in [0.29, 0.717) is 17.5 Å². The second-order valence-corrected chi connectivity index (χ2v) is 12.0. The lowest BCUT2D eigenvalue weighted by Gasteiger charge is -2.13. The van der Waals surface area contributed by atoms with Gasteiger partial charge in [-0.3, -0.25) is 0 Å². The van der Waals surface area contributed by atoms with Crippen LogP contribution in [0.1, 0.15) is 0 Å². The summed E-state index contributed by atoms with van der Waals surface area (Å²) in [5.74, 6) is 1.88. The lowest BCUT2D eigenvalue weighted by Crippen LogP contribution is -2.01. The van der Waals surface area contributed by atoms with Crippen molar-refractivity contribution in [3.63, 3.8) is 0 Å². The number of hydrogen-bond acceptors (Lipinski definition) is 4. The quantitative estimate of drug-likeness (QED) is 0.198. The molecule has 0 aliphatic carbocycles. The zero-order valence-electron chi connectivity index (χ0n) is 25.7. The van der Waals surface area contributed by atoms with Gasteiger partial charge < -0.3 is 8.98 Å². The molecule has 3 heterocycles. The van der Waals surface area contributed by atoms with Gasteiger partial charge in [0.2, 0.25) is 0 Å². The number of aromatic nitrogens is 4. The molecule has 0 saturated carbocycles. The Hall–Kier alpha value is -6.59. The topological polar surface area (TPSA) is 56.7 Å². The Kier molecular flexibility index (Phi) is 5.81. The van der Waals surface area contributed by atoms with Crippen LogP contribution in [0.3, 0.4) is 0 Å². The lowest BCUT2D eigenvalue weighted by molar-refractivity contribution is 0.672. The Morgan fingerprint density at radius 1 is 0.396 bits per heavy atom. The third kappa shape index (κ3) is 4.08. The number of benzene rings is 7. The fourth-order valence-electron chi connectivity index (χ4n) is 7.04. The van der Waals surface area contributed by atoms with E-state index in [4.69, 9.17) is 19.4 Å². The summed E-state index contributed by atoms with van der Waals surface area (Å²) in [5, 5.41) is 6.54. The molecule has 5 nitrogen and oxygen atoms in total. The number of nitrogens with zero attached hydrogens (tertiary/aromatic N) is 4. The second kappa shape index (κ2) is 10.5. The number of hydrogen-bond donors (Lipinski definition) is 0. The average molecular weight is 615 g/mol. The van der Waals surface area contributed by atoms with Crippen LogP contribution in [0.2, 0.25) is 0 Å². The SMILES string of the molecule is c1ccc(-c2nc(-c3ccccc3)nc(-c3cc4c5ccccc5oc4c4cc(-n5c6ccccc6c6ccccc65)ccc34)n2)cc1. The van der Waals surface area contributed by atoms with Gasteiger partial charge in [0, 0.05) is 49.3 Å². The van der Waals surface area contributed by atoms with Gasteiger partial charge in [-0.15, -0.1) is 0 Å². The maximum absolute atomic E-state index is 6.63. The van der Waals surface area contributed by atoms with Crippen LogP contribution >= 0.6 is 0 Å². The molecule has 0 aliphatic heterocycles. The van der Waals surface area contributed by atoms with Crippen LogP contribution in [-0.2, 0) is 0 Å². The van der Waals surface area contributed by atoms with Crippen molar-refractivity contribution in [2.75, 3.05) is 0 Å². The molecule has 224 valence electrons. The van der Waals surface area contributed by atoms with E-state index in [2.05, 4.69) is 89.5 Å². The lowest BCUT2D eigenvalue weighted by atomic mass is 9.98. The molecule has 0 radical (unpaired) electrons. The molecule has 48 heavy (non-hydrogen) atoms. The van der Waals surface area contributed by atoms with E-state index in [9.17, 15) is 0 Å². The summed E-state index contributed by atoms with van der Waals surface area (Å²) < 4.78 is 8.97. The van der Waals surface area contributed by atoms with Crippen LogP contribution in [0.5, 0.6) is 0 Å². The van der Waals surface area contributed by atoms with E-state index < -0.39 is 0 Å². The van der Waals surface area contributed by atoms with E-state index in [1.165, 1.54) is 10.8 Å². The van der Waals surface area contributed by atoms with Crippen LogP contribution in [0, 0.1) is 0 Å². The summed E-state index contributed by atoms with van der Waals surface area (Å²) in [5.41, 5.74) is 7.87. The number of rotatable bonds is 4. The first-order chi connectivity index (χ1) is 23.8. The van der Waals surface area contributed by atoms with E-state index >= 15 is 0 Å². The third-order valence-electron chi connectivity index (χ3n) is 9.24. The molecule has 0 spiro atoms. The first-order valence-corrected chi connectivity index (χ1v) is 16.0. The summed E-state index contributed by atoms with van der Waals surface area (Å²) in [6, 6.07) is 54.4. The molecule has 0 fully saturated rings. The van der Waals surface area contributed by atoms with E-state index in [1.807, 2.05) is 72.8 Å². The fourth-order valence-corrected chi connectivity index (χ4v) is 7.04. The Bertz CT molecular complexity index is 2720. The molecule has 7 aromatic carbocycles. The Morgan fingerprint density at radius 3 is 1.56 bits per heavy atom. The summed E-state index contributed by atoms with van der Waals surface area (Å²) in [7, 11) is 0. The number of para-hydroxylation sites is 3. The Balaban J connectivity index is 1.30. The molecule has 10 rings (SSSR count). The molecule has 0 saturated heterocycles. The number of fused-ring (bicyclic) bond motifs is 8. The molecular weight excluding hydrogens is 589 g/mol. The zero-order valence-corrected chi connectivity index (χ0v) is 25.7. The van der Waals surface area contributed by atoms with Crippen molar-refractivity contribution in [2.24, 2.45) is 0 Å². The predicted molar refractivity (Wildman–Crippen MR) is 195 cm³/mol. The van der Waals surface area contributed by atoms with Crippen LogP contribution in [-0.4, -0.2) is 19.5 Å². The molecule has 0 atom stereocenters. The highest BCUT2D eigenvalue weighted by molar-refractivity contribution is 6.19. The van der Waals surface area contributed by atoms with Crippen molar-refractivity contribution < 1.29 is 4.42 Å². The van der Waals surface area contributed by atoms with Crippen molar-refractivity contribution in [3.05, 3.63) is 158 Å². The van der Waals surface area contributed by atoms with E-state index in [0.717, 1.165) is 66.1 Å². The summed E-state index contributed by atoms with van der Waals surface area (Å²) >= 11 is 0. The van der Waals surface area contributed by atoms with Crippen molar-refractivity contribution in [2.45, 2.75) is 0 Å². The van der Waals surface area contributed by atoms with Gasteiger partial charge in [0.25, 0.3) is 0 Å². The maximum atomic E-state index is 6.63. The molecule has 0 aliphatic rings. The highest BCUT2D eigenvalue weighted by Crippen LogP contribution is 2.41. The summed E-state index contributed by atoms with van der Waals surface area (Å²) in [4.78, 5) is 15.2. The molecule has 3 aromatic heterocycles. The molecule has 5 heteroatoms. The zero-order chi connectivity index (χ0) is 31.6. The highest BCUT2D eigenvalue weighted by Gasteiger charge is 2.20. The first kappa shape index (κ1) is 26.6. The van der Waals surface area contributed by atoms with Crippen LogP contribution in [0.25, 0.3) is 94.4 Å². The fraction of sp³-hybridized carbons (Fsp3) is 0. The minimum absolute atomic E-state index is 0.615. The van der Waals surface area contributed by atoms with Gasteiger partial charge in [0.05, 0.1) is 11.0 Å². The van der Waals surface area contributed by atoms with Gasteiger partial charge in [-0.1, -0.05) is 121 Å². The minimum atomic E-state index is 0.615. The molecule has 10 aromatic rings. The van der Waals surface area contributed by atoms with Gasteiger partial charge in [0.15, 0.2) is 17.5 Å². The molecule has 0 unspecified atom stereocenters. The van der Waals surface area contributed by atoms with E-state index in [-0.39, 0.29) is 0 Å². The number of furan rings is 1. The van der Waals surface area contributed by atoms with Crippen molar-refractivity contribution in [3.8, 4) is 39.9 Å². The molecule has 0 bridgehead atoms. The standard InChI is InChI=1S/C43H26N4O/c1-3-13-27(14-4-1)41-44-42(28-15-5-2-6-16-28)46-43(45-41)36-26-35-33-19-9-12-22-39(33)48-40(35)34-25-29(23-24-30(34)36)47-37-20-10-7-17-31(37)32-18-8-11-21-38(32)47/h1-26H. The Labute approximate surface area is 275 Å². The maximum Gasteiger partial charge on any atom is 0.164 e. The van der Waals surface area contributed by atoms with Crippen molar-refractivity contribution >= 4 is 54.5 Å². The van der Waals surface area contributed by atoms with E-state index in [1.54, 1.807) is 0 Å². The van der Waals surface area contributed by atoms with Crippen LogP contribution in [0.15, 0.2) is 162 Å². The largest absolute Gasteiger partial charge is 0.455 e. The van der Waals surface area contributed by atoms with Gasteiger partial charge in [0.1, 0.15) is 11.2 Å². The highest BCUT2D eigenvalue weighted by atomic mass is 16.3. The normalized spacial score (nSPS) is 11.8. The van der Waals surface area contributed by atoms with Crippen LogP contribution < -0.4 is 0 Å². The summed E-state index contributed by atoms with van der Waals surface area (Å²) in [6.45, 7) is 0. The Morgan fingerprint density at radius 2 is 0.917 bits per heavy atom. The van der Waals surface area contributed by atoms with Gasteiger partial charge in [-0.05, 0) is 41.8 Å². The smallest absolute Gasteiger partial charge is 0.164 e. The predicted octanol–water partition coefficient (Wildman–Crippen LogP) is 11.0. The monoisotopic (exact) mass is 614 g/mol. The van der Waals surface area contributed by atoms with Crippen LogP contribution in [0.4, 0.5) is 0 Å². The minimum Gasteiger partial charge on any atom is -0.455 e. The van der Waals surface area contributed by atoms with Gasteiger partial charge >= 0.3 is 0 Å². The molecule has 0 amide bonds. The second-order valence-electron chi connectivity index (χ2n) is 12.0. The van der Waals surface area contributed by atoms with Crippen molar-refractivity contribution in [1.82, 2.24) is 19.5 Å².